The summed E-state index contributed by atoms with van der Waals surface area (Å²) in [4.78, 5) is 11.0. The molecule has 3 nitrogen and oxygen atoms in total. The van der Waals surface area contributed by atoms with Gasteiger partial charge >= 0.3 is 0 Å². The summed E-state index contributed by atoms with van der Waals surface area (Å²) >= 11 is 3.53. The molecule has 1 unspecified atom stereocenters. The number of aldehydes is 1. The molecule has 1 aromatic heterocycles. The van der Waals surface area contributed by atoms with E-state index in [0.29, 0.717) is 5.92 Å². The van der Waals surface area contributed by atoms with Crippen molar-refractivity contribution in [1.29, 1.82) is 0 Å². The number of hydrogen-bond donors (Lipinski definition) is 0. The Balaban J connectivity index is 2.18. The van der Waals surface area contributed by atoms with Crippen molar-refractivity contribution in [1.82, 2.24) is 9.78 Å². The zero-order chi connectivity index (χ0) is 11.0. The number of nitrogens with zero attached hydrogens (tertiary/aromatic N) is 2. The molecule has 0 amide bonds. The molecule has 1 aliphatic rings. The molecule has 1 aliphatic carbocycles. The topological polar surface area (TPSA) is 34.9 Å². The fraction of sp³-hybridized carbons (Fsp3) is 0.636. The molecule has 1 saturated carbocycles. The van der Waals surface area contributed by atoms with Gasteiger partial charge in [-0.1, -0.05) is 0 Å². The van der Waals surface area contributed by atoms with E-state index in [9.17, 15) is 4.79 Å². The molecule has 2 rings (SSSR count). The lowest BCUT2D eigenvalue weighted by Gasteiger charge is -2.09. The van der Waals surface area contributed by atoms with Crippen LogP contribution in [0.3, 0.4) is 0 Å². The molecule has 0 aromatic carbocycles. The summed E-state index contributed by atoms with van der Waals surface area (Å²) < 4.78 is 2.93. The molecule has 0 spiro atoms. The largest absolute Gasteiger partial charge is 0.303 e. The highest BCUT2D eigenvalue weighted by molar-refractivity contribution is 9.10. The van der Waals surface area contributed by atoms with E-state index < -0.39 is 0 Å². The first-order valence-corrected chi connectivity index (χ1v) is 6.06. The van der Waals surface area contributed by atoms with E-state index in [1.54, 1.807) is 0 Å². The number of rotatable bonds is 4. The lowest BCUT2D eigenvalue weighted by molar-refractivity contribution is -0.111. The van der Waals surface area contributed by atoms with Crippen LogP contribution in [-0.2, 0) is 18.3 Å². The molecular weight excluding hydrogens is 256 g/mol. The molecule has 0 N–H and O–H groups in total. The predicted molar refractivity (Wildman–Crippen MR) is 61.6 cm³/mol. The first-order chi connectivity index (χ1) is 7.13. The Kier molecular flexibility index (Phi) is 2.96. The summed E-state index contributed by atoms with van der Waals surface area (Å²) in [7, 11) is 1.93. The summed E-state index contributed by atoms with van der Waals surface area (Å²) in [6, 6.07) is 0. The molecule has 0 saturated heterocycles. The van der Waals surface area contributed by atoms with Gasteiger partial charge in [0.2, 0.25) is 0 Å². The number of carbonyl (C=O) groups excluding carboxylic acids is 1. The molecule has 0 bridgehead atoms. The minimum Gasteiger partial charge on any atom is -0.303 e. The Morgan fingerprint density at radius 1 is 1.67 bits per heavy atom. The van der Waals surface area contributed by atoms with Crippen LogP contribution >= 0.6 is 15.9 Å². The molecule has 1 fully saturated rings. The normalized spacial score (nSPS) is 17.8. The maximum absolute atomic E-state index is 11.0. The highest BCUT2D eigenvalue weighted by Crippen LogP contribution is 2.38. The van der Waals surface area contributed by atoms with E-state index in [1.165, 1.54) is 12.8 Å². The van der Waals surface area contributed by atoms with Crippen molar-refractivity contribution >= 4 is 22.2 Å². The van der Waals surface area contributed by atoms with Crippen molar-refractivity contribution in [2.24, 2.45) is 18.9 Å². The van der Waals surface area contributed by atoms with Crippen LogP contribution in [0.4, 0.5) is 0 Å². The molecule has 1 aromatic rings. The predicted octanol–water partition coefficient (Wildman–Crippen LogP) is 2.26. The van der Waals surface area contributed by atoms with Gasteiger partial charge in [0.05, 0.1) is 15.9 Å². The van der Waals surface area contributed by atoms with Crippen LogP contribution in [0.1, 0.15) is 24.2 Å². The maximum atomic E-state index is 11.0. The SMILES string of the molecule is Cc1nn(C)c(CC(C=O)C2CC2)c1Br. The number of aryl methyl sites for hydroxylation is 2. The quantitative estimate of drug-likeness (QED) is 0.787. The van der Waals surface area contributed by atoms with E-state index in [1.807, 2.05) is 18.7 Å². The zero-order valence-electron chi connectivity index (χ0n) is 9.03. The summed E-state index contributed by atoms with van der Waals surface area (Å²) in [6.45, 7) is 1.97. The standard InChI is InChI=1S/C11H15BrN2O/c1-7-11(12)10(14(2)13-7)5-9(6-15)8-3-4-8/h6,8-9H,3-5H2,1-2H3. The third-order valence-corrected chi connectivity index (χ3v) is 4.12. The monoisotopic (exact) mass is 270 g/mol. The molecule has 1 atom stereocenters. The van der Waals surface area contributed by atoms with Gasteiger partial charge in [-0.05, 0) is 41.6 Å². The summed E-state index contributed by atoms with van der Waals surface area (Å²) in [6.07, 6.45) is 4.33. The van der Waals surface area contributed by atoms with Crippen LogP contribution in [0.25, 0.3) is 0 Å². The zero-order valence-corrected chi connectivity index (χ0v) is 10.6. The molecule has 0 radical (unpaired) electrons. The van der Waals surface area contributed by atoms with E-state index in [4.69, 9.17) is 0 Å². The van der Waals surface area contributed by atoms with Crippen LogP contribution in [-0.4, -0.2) is 16.1 Å². The third-order valence-electron chi connectivity index (χ3n) is 3.09. The van der Waals surface area contributed by atoms with Crippen LogP contribution in [0, 0.1) is 18.8 Å². The average Bonchev–Trinajstić information content (AvgIpc) is 2.98. The van der Waals surface area contributed by atoms with Gasteiger partial charge in [-0.3, -0.25) is 4.68 Å². The second-order valence-electron chi connectivity index (χ2n) is 4.31. The number of carbonyl (C=O) groups is 1. The first kappa shape index (κ1) is 10.9. The average molecular weight is 271 g/mol. The van der Waals surface area contributed by atoms with Gasteiger partial charge in [-0.15, -0.1) is 0 Å². The lowest BCUT2D eigenvalue weighted by Crippen LogP contribution is -2.12. The van der Waals surface area contributed by atoms with Crippen LogP contribution in [0.2, 0.25) is 0 Å². The van der Waals surface area contributed by atoms with Crippen molar-refractivity contribution in [3.8, 4) is 0 Å². The summed E-state index contributed by atoms with van der Waals surface area (Å²) in [5.74, 6) is 0.792. The first-order valence-electron chi connectivity index (χ1n) is 5.26. The van der Waals surface area contributed by atoms with E-state index >= 15 is 0 Å². The second-order valence-corrected chi connectivity index (χ2v) is 5.10. The Morgan fingerprint density at radius 2 is 2.33 bits per heavy atom. The van der Waals surface area contributed by atoms with E-state index in [-0.39, 0.29) is 5.92 Å². The fourth-order valence-corrected chi connectivity index (χ4v) is 2.47. The summed E-state index contributed by atoms with van der Waals surface area (Å²) in [5, 5.41) is 4.33. The highest BCUT2D eigenvalue weighted by atomic mass is 79.9. The number of halogens is 1. The highest BCUT2D eigenvalue weighted by Gasteiger charge is 2.32. The van der Waals surface area contributed by atoms with Crippen LogP contribution < -0.4 is 0 Å². The summed E-state index contributed by atoms with van der Waals surface area (Å²) in [5.41, 5.74) is 2.13. The molecule has 15 heavy (non-hydrogen) atoms. The minimum atomic E-state index is 0.177. The fourth-order valence-electron chi connectivity index (χ4n) is 1.98. The van der Waals surface area contributed by atoms with Crippen molar-refractivity contribution in [2.45, 2.75) is 26.2 Å². The van der Waals surface area contributed by atoms with E-state index in [0.717, 1.165) is 28.6 Å². The van der Waals surface area contributed by atoms with Crippen molar-refractivity contribution in [3.05, 3.63) is 15.9 Å². The van der Waals surface area contributed by atoms with Gasteiger partial charge in [0, 0.05) is 19.4 Å². The van der Waals surface area contributed by atoms with Gasteiger partial charge in [0.1, 0.15) is 6.29 Å². The van der Waals surface area contributed by atoms with Crippen molar-refractivity contribution in [2.75, 3.05) is 0 Å². The van der Waals surface area contributed by atoms with Crippen molar-refractivity contribution < 1.29 is 4.79 Å². The van der Waals surface area contributed by atoms with Gasteiger partial charge < -0.3 is 4.79 Å². The lowest BCUT2D eigenvalue weighted by atomic mass is 9.99. The van der Waals surface area contributed by atoms with E-state index in [2.05, 4.69) is 21.0 Å². The maximum Gasteiger partial charge on any atom is 0.123 e. The Hall–Kier alpha value is -0.640. The molecular formula is C11H15BrN2O. The molecule has 1 heterocycles. The minimum absolute atomic E-state index is 0.177. The van der Waals surface area contributed by atoms with Crippen molar-refractivity contribution in [3.63, 3.8) is 0 Å². The number of aromatic nitrogens is 2. The molecule has 82 valence electrons. The third kappa shape index (κ3) is 2.14. The molecule has 4 heteroatoms. The second kappa shape index (κ2) is 4.08. The smallest absolute Gasteiger partial charge is 0.123 e. The van der Waals surface area contributed by atoms with Gasteiger partial charge in [0.25, 0.3) is 0 Å². The Morgan fingerprint density at radius 3 is 2.73 bits per heavy atom. The van der Waals surface area contributed by atoms with Gasteiger partial charge in [-0.25, -0.2) is 0 Å². The number of hydrogen-bond acceptors (Lipinski definition) is 2. The van der Waals surface area contributed by atoms with Crippen LogP contribution in [0.5, 0.6) is 0 Å². The van der Waals surface area contributed by atoms with Gasteiger partial charge in [-0.2, -0.15) is 5.10 Å². The Bertz CT molecular complexity index is 382. The van der Waals surface area contributed by atoms with Gasteiger partial charge in [0.15, 0.2) is 0 Å². The Labute approximate surface area is 98.0 Å². The molecule has 0 aliphatic heterocycles. The van der Waals surface area contributed by atoms with Crippen LogP contribution in [0.15, 0.2) is 4.47 Å².